The van der Waals surface area contributed by atoms with Gasteiger partial charge in [0, 0.05) is 16.8 Å². The minimum atomic E-state index is -2.25. The molecule has 0 fully saturated rings. The van der Waals surface area contributed by atoms with Crippen LogP contribution in [0.2, 0.25) is 0 Å². The van der Waals surface area contributed by atoms with Crippen LogP contribution in [0.3, 0.4) is 0 Å². The van der Waals surface area contributed by atoms with Gasteiger partial charge in [0.05, 0.1) is 10.4 Å². The van der Waals surface area contributed by atoms with Gasteiger partial charge in [0.1, 0.15) is 5.75 Å². The van der Waals surface area contributed by atoms with Crippen LogP contribution >= 0.6 is 11.3 Å². The lowest BCUT2D eigenvalue weighted by molar-refractivity contribution is -0.174. The summed E-state index contributed by atoms with van der Waals surface area (Å²) in [4.78, 5) is 39.8. The minimum Gasteiger partial charge on any atom is -0.454 e. The smallest absolute Gasteiger partial charge is 0.294 e. The molecule has 2 aromatic carbocycles. The molecular weight excluding hydrogens is 428 g/mol. The molecule has 2 atom stereocenters. The van der Waals surface area contributed by atoms with E-state index < -0.39 is 28.8 Å². The molecule has 8 heteroatoms. The second-order valence-electron chi connectivity index (χ2n) is 8.27. The number of carbonyl (C=O) groups excluding carboxylic acids is 3. The third-order valence-corrected chi connectivity index (χ3v) is 6.99. The highest BCUT2D eigenvalue weighted by Gasteiger charge is 2.72. The highest BCUT2D eigenvalue weighted by atomic mass is 32.1. The summed E-state index contributed by atoms with van der Waals surface area (Å²) in [6.45, 7) is 4.01. The molecule has 5 rings (SSSR count). The number of amides is 1. The van der Waals surface area contributed by atoms with Gasteiger partial charge in [-0.05, 0) is 35.1 Å². The Bertz CT molecular complexity index is 1300. The Morgan fingerprint density at radius 2 is 1.91 bits per heavy atom. The Balaban J connectivity index is 1.71. The molecule has 1 aliphatic carbocycles. The molecule has 2 heterocycles. The summed E-state index contributed by atoms with van der Waals surface area (Å²) in [5, 5.41) is 16.0. The van der Waals surface area contributed by atoms with Crippen molar-refractivity contribution in [3.05, 3.63) is 81.0 Å². The largest absolute Gasteiger partial charge is 0.454 e. The number of ether oxygens (including phenoxy) is 1. The number of anilines is 1. The van der Waals surface area contributed by atoms with Gasteiger partial charge in [-0.1, -0.05) is 44.2 Å². The van der Waals surface area contributed by atoms with Gasteiger partial charge in [-0.2, -0.15) is 0 Å². The monoisotopic (exact) mass is 448 g/mol. The summed E-state index contributed by atoms with van der Waals surface area (Å²) in [7, 11) is 0. The molecular formula is C24H20N2O5S. The molecule has 4 N–H and O–H groups in total. The number of nitrogen functional groups attached to an aromatic ring is 1. The van der Waals surface area contributed by atoms with Crippen LogP contribution in [0, 0.1) is 0 Å². The predicted octanol–water partition coefficient (Wildman–Crippen LogP) is 3.08. The van der Waals surface area contributed by atoms with Crippen molar-refractivity contribution in [3.8, 4) is 5.75 Å². The molecule has 0 spiro atoms. The summed E-state index contributed by atoms with van der Waals surface area (Å²) < 4.78 is 5.99. The van der Waals surface area contributed by atoms with Crippen LogP contribution in [-0.4, -0.2) is 22.6 Å². The van der Waals surface area contributed by atoms with E-state index in [1.54, 1.807) is 29.6 Å². The van der Waals surface area contributed by atoms with Crippen molar-refractivity contribution in [1.29, 1.82) is 0 Å². The number of benzene rings is 2. The predicted molar refractivity (Wildman–Crippen MR) is 119 cm³/mol. The van der Waals surface area contributed by atoms with Crippen molar-refractivity contribution >= 4 is 34.5 Å². The second kappa shape index (κ2) is 6.75. The maximum absolute atomic E-state index is 13.8. The molecule has 32 heavy (non-hydrogen) atoms. The van der Waals surface area contributed by atoms with Gasteiger partial charge in [-0.15, -0.1) is 11.3 Å². The average Bonchev–Trinajstić information content (AvgIpc) is 3.42. The summed E-state index contributed by atoms with van der Waals surface area (Å²) >= 11 is 1.11. The lowest BCUT2D eigenvalue weighted by atomic mass is 9.82. The fourth-order valence-corrected chi connectivity index (χ4v) is 5.15. The molecule has 0 bridgehead atoms. The number of hydrogen-bond acceptors (Lipinski definition) is 7. The summed E-state index contributed by atoms with van der Waals surface area (Å²) in [6.07, 6.45) is 0. The van der Waals surface area contributed by atoms with Crippen molar-refractivity contribution in [2.24, 2.45) is 0 Å². The number of Topliss-reactive ketones (excluding diaryl/α,β-unsaturated/α-hetero) is 2. The van der Waals surface area contributed by atoms with Gasteiger partial charge in [0.25, 0.3) is 17.5 Å². The fraction of sp³-hybridized carbons (Fsp3) is 0.208. The van der Waals surface area contributed by atoms with Crippen molar-refractivity contribution in [2.45, 2.75) is 31.1 Å². The number of fused-ring (bicyclic) bond motifs is 5. The molecule has 1 amide bonds. The fourth-order valence-electron chi connectivity index (χ4n) is 4.49. The Morgan fingerprint density at radius 3 is 2.59 bits per heavy atom. The van der Waals surface area contributed by atoms with Crippen LogP contribution in [-0.2, 0) is 16.1 Å². The molecule has 1 aliphatic heterocycles. The third-order valence-electron chi connectivity index (χ3n) is 6.12. The van der Waals surface area contributed by atoms with Crippen molar-refractivity contribution in [3.63, 3.8) is 0 Å². The van der Waals surface area contributed by atoms with E-state index in [0.717, 1.165) is 16.9 Å². The van der Waals surface area contributed by atoms with Gasteiger partial charge < -0.3 is 20.9 Å². The second-order valence-corrected chi connectivity index (χ2v) is 9.21. The first kappa shape index (κ1) is 20.4. The standard InChI is InChI=1S/C24H20N2O5S/c1-12(2)13-8-9-14-17(11-13)31-24(30)15-5-3-6-16(25)19(15)21(28)23(14,24)26-22(29)20(27)18-7-4-10-32-18/h3-12,30H,25H2,1-2H3,(H,26,29). The Labute approximate surface area is 187 Å². The van der Waals surface area contributed by atoms with Crippen molar-refractivity contribution in [2.75, 3.05) is 5.73 Å². The Kier molecular flexibility index (Phi) is 4.31. The number of nitrogens with two attached hydrogens (primary N) is 1. The van der Waals surface area contributed by atoms with E-state index in [0.29, 0.717) is 0 Å². The number of carbonyl (C=O) groups is 3. The topological polar surface area (TPSA) is 119 Å². The molecule has 2 aliphatic rings. The maximum Gasteiger partial charge on any atom is 0.294 e. The first-order valence-corrected chi connectivity index (χ1v) is 11.0. The number of nitrogens with one attached hydrogen (secondary N) is 1. The van der Waals surface area contributed by atoms with Crippen molar-refractivity contribution < 1.29 is 24.2 Å². The summed E-state index contributed by atoms with van der Waals surface area (Å²) in [5.74, 6) is -4.27. The van der Waals surface area contributed by atoms with E-state index in [2.05, 4.69) is 5.32 Å². The van der Waals surface area contributed by atoms with E-state index in [9.17, 15) is 19.5 Å². The molecule has 0 saturated heterocycles. The summed E-state index contributed by atoms with van der Waals surface area (Å²) in [5.41, 5.74) is 5.60. The van der Waals surface area contributed by atoms with Gasteiger partial charge in [-0.3, -0.25) is 14.4 Å². The first-order chi connectivity index (χ1) is 15.2. The zero-order valence-electron chi connectivity index (χ0n) is 17.3. The van der Waals surface area contributed by atoms with Gasteiger partial charge in [0.2, 0.25) is 11.3 Å². The molecule has 2 unspecified atom stereocenters. The Morgan fingerprint density at radius 1 is 1.12 bits per heavy atom. The average molecular weight is 449 g/mol. The van der Waals surface area contributed by atoms with Gasteiger partial charge >= 0.3 is 0 Å². The molecule has 7 nitrogen and oxygen atoms in total. The van der Waals surface area contributed by atoms with Crippen LogP contribution in [0.4, 0.5) is 5.69 Å². The quantitative estimate of drug-likeness (QED) is 0.321. The van der Waals surface area contributed by atoms with E-state index in [1.165, 1.54) is 18.2 Å². The van der Waals surface area contributed by atoms with Crippen molar-refractivity contribution in [1.82, 2.24) is 5.32 Å². The highest BCUT2D eigenvalue weighted by Crippen LogP contribution is 2.59. The van der Waals surface area contributed by atoms with Crippen LogP contribution in [0.25, 0.3) is 0 Å². The lowest BCUT2D eigenvalue weighted by Gasteiger charge is -2.34. The number of hydrogen-bond donors (Lipinski definition) is 3. The maximum atomic E-state index is 13.8. The molecule has 0 radical (unpaired) electrons. The third kappa shape index (κ3) is 2.47. The van der Waals surface area contributed by atoms with E-state index in [-0.39, 0.29) is 38.9 Å². The van der Waals surface area contributed by atoms with Crippen LogP contribution < -0.4 is 15.8 Å². The van der Waals surface area contributed by atoms with Gasteiger partial charge in [-0.25, -0.2) is 0 Å². The van der Waals surface area contributed by atoms with Gasteiger partial charge in [0.15, 0.2) is 0 Å². The molecule has 1 aromatic heterocycles. The zero-order chi connectivity index (χ0) is 22.8. The first-order valence-electron chi connectivity index (χ1n) is 10.1. The minimum absolute atomic E-state index is 0.0671. The molecule has 0 saturated carbocycles. The number of rotatable bonds is 4. The molecule has 3 aromatic rings. The van der Waals surface area contributed by atoms with E-state index in [1.807, 2.05) is 19.9 Å². The van der Waals surface area contributed by atoms with E-state index in [4.69, 9.17) is 10.5 Å². The summed E-state index contributed by atoms with van der Waals surface area (Å²) in [6, 6.07) is 13.0. The van der Waals surface area contributed by atoms with Crippen LogP contribution in [0.5, 0.6) is 5.75 Å². The van der Waals surface area contributed by atoms with Crippen LogP contribution in [0.15, 0.2) is 53.9 Å². The number of thiophene rings is 1. The Hall–Kier alpha value is -3.49. The molecule has 162 valence electrons. The highest BCUT2D eigenvalue weighted by molar-refractivity contribution is 7.13. The lowest BCUT2D eigenvalue weighted by Crippen LogP contribution is -2.61. The number of aliphatic hydroxyl groups is 1. The number of ketones is 2. The zero-order valence-corrected chi connectivity index (χ0v) is 18.2. The normalized spacial score (nSPS) is 22.8. The SMILES string of the molecule is CC(C)c1ccc2c(c1)OC1(O)c3cccc(N)c3C(=O)C21NC(=O)C(=O)c1cccs1. The van der Waals surface area contributed by atoms with E-state index >= 15 is 0 Å². The van der Waals surface area contributed by atoms with Crippen LogP contribution in [0.1, 0.15) is 56.5 Å².